The van der Waals surface area contributed by atoms with Gasteiger partial charge in [-0.15, -0.1) is 0 Å². The Labute approximate surface area is 143 Å². The number of rotatable bonds is 4. The number of hydrogen-bond acceptors (Lipinski definition) is 3. The average Bonchev–Trinajstić information content (AvgIpc) is 2.49. The maximum Gasteiger partial charge on any atom is 0.260 e. The van der Waals surface area contributed by atoms with Crippen molar-refractivity contribution in [3.05, 3.63) is 27.2 Å². The van der Waals surface area contributed by atoms with Crippen LogP contribution in [0.25, 0.3) is 0 Å². The molecule has 0 unspecified atom stereocenters. The number of likely N-dealkylation sites (tertiary alicyclic amines) is 1. The van der Waals surface area contributed by atoms with Crippen molar-refractivity contribution in [2.45, 2.75) is 12.8 Å². The number of nitrogens with two attached hydrogens (primary N) is 1. The number of nitrogens with zero attached hydrogens (tertiary/aromatic N) is 1. The van der Waals surface area contributed by atoms with E-state index >= 15 is 0 Å². The summed E-state index contributed by atoms with van der Waals surface area (Å²) in [7, 11) is 0. The fourth-order valence-corrected chi connectivity index (χ4v) is 2.85. The summed E-state index contributed by atoms with van der Waals surface area (Å²) >= 11 is 17.7. The molecule has 1 fully saturated rings. The van der Waals surface area contributed by atoms with Gasteiger partial charge in [0.25, 0.3) is 5.91 Å². The van der Waals surface area contributed by atoms with E-state index in [1.54, 1.807) is 4.90 Å². The van der Waals surface area contributed by atoms with Crippen LogP contribution in [0.4, 0.5) is 0 Å². The molecule has 0 spiro atoms. The predicted molar refractivity (Wildman–Crippen MR) is 85.5 cm³/mol. The lowest BCUT2D eigenvalue weighted by atomic mass is 9.96. The van der Waals surface area contributed by atoms with Gasteiger partial charge in [0.05, 0.1) is 15.1 Å². The number of benzene rings is 1. The van der Waals surface area contributed by atoms with Crippen LogP contribution in [0, 0.1) is 5.92 Å². The van der Waals surface area contributed by atoms with E-state index in [9.17, 15) is 9.59 Å². The van der Waals surface area contributed by atoms with Crippen LogP contribution in [-0.4, -0.2) is 36.4 Å². The van der Waals surface area contributed by atoms with E-state index in [0.717, 1.165) is 0 Å². The van der Waals surface area contributed by atoms with Gasteiger partial charge in [0.2, 0.25) is 5.91 Å². The van der Waals surface area contributed by atoms with Crippen molar-refractivity contribution < 1.29 is 14.3 Å². The first kappa shape index (κ1) is 17.2. The Morgan fingerprint density at radius 2 is 1.73 bits per heavy atom. The van der Waals surface area contributed by atoms with Crippen molar-refractivity contribution >= 4 is 46.6 Å². The van der Waals surface area contributed by atoms with Crippen LogP contribution in [0.5, 0.6) is 5.75 Å². The maximum atomic E-state index is 12.1. The first-order valence-electron chi connectivity index (χ1n) is 6.73. The molecule has 120 valence electrons. The van der Waals surface area contributed by atoms with Crippen molar-refractivity contribution in [2.75, 3.05) is 19.7 Å². The average molecular weight is 366 g/mol. The van der Waals surface area contributed by atoms with Crippen molar-refractivity contribution in [1.29, 1.82) is 0 Å². The third-order valence-corrected chi connectivity index (χ3v) is 4.59. The van der Waals surface area contributed by atoms with Gasteiger partial charge in [-0.25, -0.2) is 0 Å². The molecule has 0 saturated carbocycles. The highest BCUT2D eigenvalue weighted by Crippen LogP contribution is 2.33. The third kappa shape index (κ3) is 4.18. The van der Waals surface area contributed by atoms with Gasteiger partial charge >= 0.3 is 0 Å². The summed E-state index contributed by atoms with van der Waals surface area (Å²) in [6.07, 6.45) is 1.16. The number of ether oxygens (including phenoxy) is 1. The topological polar surface area (TPSA) is 72.6 Å². The normalized spacial score (nSPS) is 15.7. The summed E-state index contributed by atoms with van der Waals surface area (Å²) in [5.74, 6) is -0.345. The van der Waals surface area contributed by atoms with Gasteiger partial charge in [0.15, 0.2) is 6.61 Å². The van der Waals surface area contributed by atoms with Crippen molar-refractivity contribution in [3.8, 4) is 5.75 Å². The molecule has 1 heterocycles. The molecule has 0 aromatic heterocycles. The third-order valence-electron chi connectivity index (χ3n) is 3.58. The Morgan fingerprint density at radius 3 is 2.32 bits per heavy atom. The molecule has 0 radical (unpaired) electrons. The highest BCUT2D eigenvalue weighted by Gasteiger charge is 2.26. The highest BCUT2D eigenvalue weighted by molar-refractivity contribution is 6.43. The molecule has 0 atom stereocenters. The molecular formula is C14H15Cl3N2O3. The van der Waals surface area contributed by atoms with E-state index in [1.807, 2.05) is 0 Å². The van der Waals surface area contributed by atoms with E-state index in [2.05, 4.69) is 0 Å². The lowest BCUT2D eigenvalue weighted by molar-refractivity contribution is -0.136. The van der Waals surface area contributed by atoms with Crippen molar-refractivity contribution in [2.24, 2.45) is 11.7 Å². The number of halogens is 3. The second kappa shape index (κ2) is 7.40. The molecule has 1 aromatic carbocycles. The number of carbonyl (C=O) groups is 2. The first-order chi connectivity index (χ1) is 10.4. The second-order valence-corrected chi connectivity index (χ2v) is 6.26. The minimum Gasteiger partial charge on any atom is -0.482 e. The lowest BCUT2D eigenvalue weighted by Gasteiger charge is -2.30. The van der Waals surface area contributed by atoms with E-state index in [-0.39, 0.29) is 29.4 Å². The minimum atomic E-state index is -0.314. The molecule has 1 saturated heterocycles. The van der Waals surface area contributed by atoms with Crippen LogP contribution in [0.1, 0.15) is 12.8 Å². The van der Waals surface area contributed by atoms with Crippen LogP contribution in [-0.2, 0) is 9.59 Å². The van der Waals surface area contributed by atoms with Gasteiger partial charge in [0, 0.05) is 25.1 Å². The van der Waals surface area contributed by atoms with Gasteiger partial charge in [0.1, 0.15) is 5.75 Å². The molecule has 2 N–H and O–H groups in total. The van der Waals surface area contributed by atoms with E-state index in [1.165, 1.54) is 12.1 Å². The van der Waals surface area contributed by atoms with E-state index in [4.69, 9.17) is 45.3 Å². The zero-order chi connectivity index (χ0) is 16.3. The monoisotopic (exact) mass is 364 g/mol. The SMILES string of the molecule is NC(=O)C1CCN(C(=O)COc2cc(Cl)c(Cl)cc2Cl)CC1. The number of piperidine rings is 1. The molecule has 0 bridgehead atoms. The van der Waals surface area contributed by atoms with Gasteiger partial charge in [-0.1, -0.05) is 34.8 Å². The number of hydrogen-bond donors (Lipinski definition) is 1. The molecule has 1 aliphatic rings. The van der Waals surface area contributed by atoms with Gasteiger partial charge in [-0.05, 0) is 18.9 Å². The summed E-state index contributed by atoms with van der Waals surface area (Å²) in [5, 5.41) is 0.907. The second-order valence-electron chi connectivity index (χ2n) is 5.04. The summed E-state index contributed by atoms with van der Waals surface area (Å²) in [6.45, 7) is 0.828. The van der Waals surface area contributed by atoms with Crippen LogP contribution in [0.3, 0.4) is 0 Å². The number of amides is 2. The van der Waals surface area contributed by atoms with Crippen molar-refractivity contribution in [1.82, 2.24) is 4.90 Å². The van der Waals surface area contributed by atoms with E-state index < -0.39 is 0 Å². The molecule has 22 heavy (non-hydrogen) atoms. The quantitative estimate of drug-likeness (QED) is 0.834. The largest absolute Gasteiger partial charge is 0.482 e. The summed E-state index contributed by atoms with van der Waals surface area (Å²) < 4.78 is 5.40. The fraction of sp³-hybridized carbons (Fsp3) is 0.429. The van der Waals surface area contributed by atoms with Crippen LogP contribution in [0.15, 0.2) is 12.1 Å². The smallest absolute Gasteiger partial charge is 0.260 e. The Hall–Kier alpha value is -1.17. The minimum absolute atomic E-state index is 0.154. The summed E-state index contributed by atoms with van der Waals surface area (Å²) in [4.78, 5) is 24.8. The summed E-state index contributed by atoms with van der Waals surface area (Å²) in [6, 6.07) is 2.93. The van der Waals surface area contributed by atoms with Gasteiger partial charge in [-0.3, -0.25) is 9.59 Å². The predicted octanol–water partition coefficient (Wildman–Crippen LogP) is 2.75. The molecule has 0 aliphatic carbocycles. The standard InChI is InChI=1S/C14H15Cl3N2O3/c15-9-5-11(17)12(6-10(9)16)22-7-13(20)19-3-1-8(2-4-19)14(18)21/h5-6,8H,1-4,7H2,(H2,18,21). The number of carbonyl (C=O) groups excluding carboxylic acids is 2. The van der Waals surface area contributed by atoms with Gasteiger partial charge < -0.3 is 15.4 Å². The van der Waals surface area contributed by atoms with Crippen LogP contribution < -0.4 is 10.5 Å². The van der Waals surface area contributed by atoms with Crippen molar-refractivity contribution in [3.63, 3.8) is 0 Å². The Bertz CT molecular complexity index is 587. The molecule has 5 nitrogen and oxygen atoms in total. The molecule has 1 aromatic rings. The lowest BCUT2D eigenvalue weighted by Crippen LogP contribution is -2.43. The molecule has 8 heteroatoms. The van der Waals surface area contributed by atoms with E-state index in [0.29, 0.717) is 41.7 Å². The van der Waals surface area contributed by atoms with Crippen LogP contribution in [0.2, 0.25) is 15.1 Å². The highest BCUT2D eigenvalue weighted by atomic mass is 35.5. The summed E-state index contributed by atoms with van der Waals surface area (Å²) in [5.41, 5.74) is 5.26. The molecular weight excluding hydrogens is 351 g/mol. The Morgan fingerprint density at radius 1 is 1.14 bits per heavy atom. The maximum absolute atomic E-state index is 12.1. The Balaban J connectivity index is 1.89. The molecule has 1 aliphatic heterocycles. The Kier molecular flexibility index (Phi) is 5.78. The molecule has 2 rings (SSSR count). The zero-order valence-corrected chi connectivity index (χ0v) is 13.9. The number of primary amides is 1. The first-order valence-corrected chi connectivity index (χ1v) is 7.86. The van der Waals surface area contributed by atoms with Gasteiger partial charge in [-0.2, -0.15) is 0 Å². The zero-order valence-electron chi connectivity index (χ0n) is 11.7. The van der Waals surface area contributed by atoms with Crippen LogP contribution >= 0.6 is 34.8 Å². The molecule has 2 amide bonds. The fourth-order valence-electron chi connectivity index (χ4n) is 2.26.